The molecule has 2 aromatic carbocycles. The molecule has 0 spiro atoms. The first-order chi connectivity index (χ1) is 9.56. The van der Waals surface area contributed by atoms with Gasteiger partial charge in [-0.1, -0.05) is 41.9 Å². The van der Waals surface area contributed by atoms with E-state index in [0.29, 0.717) is 17.2 Å². The monoisotopic (exact) mass is 290 g/mol. The van der Waals surface area contributed by atoms with Gasteiger partial charge in [0.1, 0.15) is 5.75 Å². The van der Waals surface area contributed by atoms with E-state index in [1.54, 1.807) is 24.3 Å². The van der Waals surface area contributed by atoms with Crippen molar-refractivity contribution >= 4 is 17.6 Å². The Bertz CT molecular complexity index is 610. The number of ether oxygens (including phenoxy) is 1. The lowest BCUT2D eigenvalue weighted by Crippen LogP contribution is -2.29. The number of carboxylic acid groups (broad SMARTS) is 1. The molecule has 20 heavy (non-hydrogen) atoms. The third-order valence-electron chi connectivity index (χ3n) is 3.02. The molecule has 0 aromatic heterocycles. The van der Waals surface area contributed by atoms with Crippen LogP contribution in [0.2, 0.25) is 5.02 Å². The second kappa shape index (κ2) is 6.44. The predicted octanol–water partition coefficient (Wildman–Crippen LogP) is 3.72. The van der Waals surface area contributed by atoms with Crippen molar-refractivity contribution in [2.24, 2.45) is 0 Å². The minimum Gasteiger partial charge on any atom is -0.478 e. The Kier molecular flexibility index (Phi) is 4.64. The van der Waals surface area contributed by atoms with Crippen molar-refractivity contribution in [1.29, 1.82) is 0 Å². The Morgan fingerprint density at radius 1 is 1.25 bits per heavy atom. The second-order valence-electron chi connectivity index (χ2n) is 4.53. The van der Waals surface area contributed by atoms with Gasteiger partial charge >= 0.3 is 5.97 Å². The maximum atomic E-state index is 11.3. The van der Waals surface area contributed by atoms with Crippen molar-refractivity contribution in [3.8, 4) is 5.75 Å². The molecule has 0 saturated heterocycles. The minimum absolute atomic E-state index is 0.314. The van der Waals surface area contributed by atoms with Gasteiger partial charge in [0.25, 0.3) is 0 Å². The Labute approximate surface area is 122 Å². The van der Waals surface area contributed by atoms with E-state index >= 15 is 0 Å². The Balaban J connectivity index is 2.16. The van der Waals surface area contributed by atoms with Crippen molar-refractivity contribution in [3.05, 3.63) is 64.7 Å². The number of hydrogen-bond acceptors (Lipinski definition) is 2. The van der Waals surface area contributed by atoms with Gasteiger partial charge in [0.15, 0.2) is 6.10 Å². The van der Waals surface area contributed by atoms with Gasteiger partial charge in [-0.05, 0) is 36.2 Å². The lowest BCUT2D eigenvalue weighted by atomic mass is 10.0. The summed E-state index contributed by atoms with van der Waals surface area (Å²) >= 11 is 5.87. The van der Waals surface area contributed by atoms with Crippen LogP contribution in [0, 0.1) is 6.92 Å². The molecule has 0 bridgehead atoms. The number of benzene rings is 2. The van der Waals surface area contributed by atoms with Crippen LogP contribution in [0.5, 0.6) is 5.75 Å². The summed E-state index contributed by atoms with van der Waals surface area (Å²) in [5.74, 6) is -0.535. The molecular weight excluding hydrogens is 276 g/mol. The highest BCUT2D eigenvalue weighted by atomic mass is 35.5. The Morgan fingerprint density at radius 3 is 2.65 bits per heavy atom. The molecule has 0 amide bonds. The van der Waals surface area contributed by atoms with Crippen LogP contribution in [0.25, 0.3) is 0 Å². The molecule has 0 aliphatic carbocycles. The molecule has 2 aromatic rings. The second-order valence-corrected chi connectivity index (χ2v) is 4.97. The van der Waals surface area contributed by atoms with Crippen LogP contribution in [-0.2, 0) is 11.2 Å². The first-order valence-electron chi connectivity index (χ1n) is 6.26. The molecule has 0 saturated carbocycles. The number of halogens is 1. The molecule has 1 unspecified atom stereocenters. The maximum Gasteiger partial charge on any atom is 0.345 e. The van der Waals surface area contributed by atoms with Gasteiger partial charge in [-0.2, -0.15) is 0 Å². The molecule has 3 nitrogen and oxygen atoms in total. The zero-order valence-corrected chi connectivity index (χ0v) is 11.8. The lowest BCUT2D eigenvalue weighted by Gasteiger charge is -2.16. The smallest absolute Gasteiger partial charge is 0.345 e. The third-order valence-corrected chi connectivity index (χ3v) is 3.25. The number of hydrogen-bond donors (Lipinski definition) is 1. The number of aryl methyl sites for hydroxylation is 1. The fourth-order valence-corrected chi connectivity index (χ4v) is 2.10. The summed E-state index contributed by atoms with van der Waals surface area (Å²) < 4.78 is 5.53. The van der Waals surface area contributed by atoms with E-state index < -0.39 is 12.1 Å². The normalized spacial score (nSPS) is 11.9. The van der Waals surface area contributed by atoms with E-state index in [2.05, 4.69) is 0 Å². The highest BCUT2D eigenvalue weighted by Gasteiger charge is 2.20. The average molecular weight is 291 g/mol. The largest absolute Gasteiger partial charge is 0.478 e. The predicted molar refractivity (Wildman–Crippen MR) is 78.4 cm³/mol. The summed E-state index contributed by atoms with van der Waals surface area (Å²) in [4.78, 5) is 11.3. The van der Waals surface area contributed by atoms with E-state index in [0.717, 1.165) is 11.1 Å². The van der Waals surface area contributed by atoms with Gasteiger partial charge in [-0.3, -0.25) is 0 Å². The quantitative estimate of drug-likeness (QED) is 0.913. The van der Waals surface area contributed by atoms with E-state index in [9.17, 15) is 9.90 Å². The molecule has 0 radical (unpaired) electrons. The molecule has 4 heteroatoms. The van der Waals surface area contributed by atoms with Crippen LogP contribution >= 0.6 is 11.6 Å². The van der Waals surface area contributed by atoms with Crippen LogP contribution in [0.4, 0.5) is 0 Å². The Morgan fingerprint density at radius 2 is 2.00 bits per heavy atom. The fraction of sp³-hybridized carbons (Fsp3) is 0.188. The lowest BCUT2D eigenvalue weighted by molar-refractivity contribution is -0.145. The first kappa shape index (κ1) is 14.4. The number of aliphatic carboxylic acids is 1. The number of carbonyl (C=O) groups is 1. The SMILES string of the molecule is Cc1ccccc1CC(Oc1cccc(Cl)c1)C(=O)O. The van der Waals surface area contributed by atoms with Gasteiger partial charge in [0.2, 0.25) is 0 Å². The highest BCUT2D eigenvalue weighted by Crippen LogP contribution is 2.20. The molecule has 0 aliphatic rings. The maximum absolute atomic E-state index is 11.3. The summed E-state index contributed by atoms with van der Waals surface area (Å²) in [6.45, 7) is 1.95. The van der Waals surface area contributed by atoms with Gasteiger partial charge < -0.3 is 9.84 Å². The molecule has 1 atom stereocenters. The summed E-state index contributed by atoms with van der Waals surface area (Å²) in [6, 6.07) is 14.4. The van der Waals surface area contributed by atoms with Crippen LogP contribution in [0.3, 0.4) is 0 Å². The number of carboxylic acids is 1. The standard InChI is InChI=1S/C16H15ClO3/c1-11-5-2-3-6-12(11)9-15(16(18)19)20-14-8-4-7-13(17)10-14/h2-8,10,15H,9H2,1H3,(H,18,19). The van der Waals surface area contributed by atoms with Gasteiger partial charge in [0.05, 0.1) is 0 Å². The summed E-state index contributed by atoms with van der Waals surface area (Å²) in [5.41, 5.74) is 2.01. The number of rotatable bonds is 5. The van der Waals surface area contributed by atoms with Gasteiger partial charge in [-0.25, -0.2) is 4.79 Å². The molecule has 0 fully saturated rings. The minimum atomic E-state index is -0.992. The van der Waals surface area contributed by atoms with Crippen molar-refractivity contribution < 1.29 is 14.6 Å². The third kappa shape index (κ3) is 3.75. The molecule has 0 aliphatic heterocycles. The van der Waals surface area contributed by atoms with Gasteiger partial charge in [-0.15, -0.1) is 0 Å². The van der Waals surface area contributed by atoms with E-state index in [4.69, 9.17) is 16.3 Å². The Hall–Kier alpha value is -2.00. The zero-order chi connectivity index (χ0) is 14.5. The topological polar surface area (TPSA) is 46.5 Å². The highest BCUT2D eigenvalue weighted by molar-refractivity contribution is 6.30. The molecule has 0 heterocycles. The van der Waals surface area contributed by atoms with E-state index in [1.165, 1.54) is 0 Å². The van der Waals surface area contributed by atoms with Crippen LogP contribution in [0.15, 0.2) is 48.5 Å². The fourth-order valence-electron chi connectivity index (χ4n) is 1.92. The summed E-state index contributed by atoms with van der Waals surface area (Å²) in [7, 11) is 0. The van der Waals surface area contributed by atoms with E-state index in [1.807, 2.05) is 31.2 Å². The molecule has 104 valence electrons. The first-order valence-corrected chi connectivity index (χ1v) is 6.63. The summed E-state index contributed by atoms with van der Waals surface area (Å²) in [6.07, 6.45) is -0.622. The molecule has 2 rings (SSSR count). The van der Waals surface area contributed by atoms with Crippen molar-refractivity contribution in [3.63, 3.8) is 0 Å². The van der Waals surface area contributed by atoms with E-state index in [-0.39, 0.29) is 0 Å². The van der Waals surface area contributed by atoms with Crippen LogP contribution in [0.1, 0.15) is 11.1 Å². The zero-order valence-electron chi connectivity index (χ0n) is 11.0. The van der Waals surface area contributed by atoms with Crippen molar-refractivity contribution in [1.82, 2.24) is 0 Å². The average Bonchev–Trinajstić information content (AvgIpc) is 2.40. The van der Waals surface area contributed by atoms with Gasteiger partial charge in [0, 0.05) is 11.4 Å². The molecular formula is C16H15ClO3. The van der Waals surface area contributed by atoms with Crippen molar-refractivity contribution in [2.45, 2.75) is 19.4 Å². The van der Waals surface area contributed by atoms with Crippen LogP contribution < -0.4 is 4.74 Å². The summed E-state index contributed by atoms with van der Waals surface area (Å²) in [5, 5.41) is 9.81. The van der Waals surface area contributed by atoms with Crippen LogP contribution in [-0.4, -0.2) is 17.2 Å². The molecule has 1 N–H and O–H groups in total. The van der Waals surface area contributed by atoms with Crippen molar-refractivity contribution in [2.75, 3.05) is 0 Å².